The minimum atomic E-state index is -0.449. The first-order valence-electron chi connectivity index (χ1n) is 9.58. The Morgan fingerprint density at radius 3 is 2.52 bits per heavy atom. The lowest BCUT2D eigenvalue weighted by Gasteiger charge is -2.09. The van der Waals surface area contributed by atoms with Crippen LogP contribution in [0.2, 0.25) is 0 Å². The molecule has 10 heteroatoms. The minimum absolute atomic E-state index is 0.0250. The Morgan fingerprint density at radius 1 is 1.12 bits per heavy atom. The molecule has 166 valence electrons. The average Bonchev–Trinajstić information content (AvgIpc) is 3.13. The number of nitro benzene ring substituents is 1. The monoisotopic (exact) mass is 527 g/mol. The van der Waals surface area contributed by atoms with Crippen LogP contribution < -0.4 is 10.1 Å². The van der Waals surface area contributed by atoms with Crippen molar-refractivity contribution in [2.75, 3.05) is 0 Å². The number of benzene rings is 3. The van der Waals surface area contributed by atoms with Gasteiger partial charge in [-0.25, -0.2) is 9.38 Å². The summed E-state index contributed by atoms with van der Waals surface area (Å²) in [5, 5.41) is 13.9. The molecule has 1 N–H and O–H groups in total. The number of ether oxygens (including phenoxy) is 1. The molecule has 1 fully saturated rings. The number of carbonyl (C=O) groups is 1. The van der Waals surface area contributed by atoms with E-state index in [2.05, 4.69) is 26.2 Å². The highest BCUT2D eigenvalue weighted by Gasteiger charge is 2.24. The van der Waals surface area contributed by atoms with Gasteiger partial charge in [-0.1, -0.05) is 6.07 Å². The molecule has 7 nitrogen and oxygen atoms in total. The molecule has 3 aromatic carbocycles. The molecule has 1 amide bonds. The number of non-ortho nitro benzene ring substituents is 1. The lowest BCUT2D eigenvalue weighted by atomic mass is 10.2. The Bertz CT molecular complexity index is 1280. The molecule has 1 aliphatic heterocycles. The summed E-state index contributed by atoms with van der Waals surface area (Å²) >= 11 is 4.67. The van der Waals surface area contributed by atoms with Crippen molar-refractivity contribution in [2.45, 2.75) is 6.61 Å². The van der Waals surface area contributed by atoms with E-state index < -0.39 is 4.92 Å². The van der Waals surface area contributed by atoms with Crippen LogP contribution in [-0.4, -0.2) is 16.0 Å². The van der Waals surface area contributed by atoms with Crippen LogP contribution in [0, 0.1) is 15.9 Å². The van der Waals surface area contributed by atoms with Crippen molar-refractivity contribution < 1.29 is 18.8 Å². The third kappa shape index (κ3) is 5.85. The molecule has 0 unspecified atom stereocenters. The van der Waals surface area contributed by atoms with Gasteiger partial charge in [0.05, 0.1) is 20.0 Å². The molecule has 0 aliphatic carbocycles. The van der Waals surface area contributed by atoms with E-state index in [-0.39, 0.29) is 24.0 Å². The van der Waals surface area contributed by atoms with E-state index in [4.69, 9.17) is 4.74 Å². The second kappa shape index (κ2) is 9.97. The highest BCUT2D eigenvalue weighted by atomic mass is 79.9. The fourth-order valence-corrected chi connectivity index (χ4v) is 4.22. The molecule has 4 rings (SSSR count). The molecule has 0 bridgehead atoms. The fraction of sp³-hybridized carbons (Fsp3) is 0.0435. The van der Waals surface area contributed by atoms with Gasteiger partial charge in [-0.2, -0.15) is 0 Å². The number of hydrogen-bond donors (Lipinski definition) is 1. The SMILES string of the molecule is O=C1NC(=Nc2ccc(F)cc2)S/C1=C/c1ccc(OCc2ccc([N+](=O)[O-])cc2)c(Br)c1. The Labute approximate surface area is 200 Å². The normalized spacial score (nSPS) is 15.6. The first-order chi connectivity index (χ1) is 15.9. The van der Waals surface area contributed by atoms with Gasteiger partial charge in [-0.3, -0.25) is 14.9 Å². The van der Waals surface area contributed by atoms with E-state index in [9.17, 15) is 19.3 Å². The predicted octanol–water partition coefficient (Wildman–Crippen LogP) is 5.97. The van der Waals surface area contributed by atoms with E-state index in [1.165, 1.54) is 48.2 Å². The minimum Gasteiger partial charge on any atom is -0.488 e. The van der Waals surface area contributed by atoms with E-state index in [1.807, 2.05) is 12.1 Å². The first-order valence-corrected chi connectivity index (χ1v) is 11.2. The molecule has 0 aromatic heterocycles. The highest BCUT2D eigenvalue weighted by Crippen LogP contribution is 2.31. The Kier molecular flexibility index (Phi) is 6.85. The zero-order valence-corrected chi connectivity index (χ0v) is 19.2. The van der Waals surface area contributed by atoms with Crippen LogP contribution in [0.15, 0.2) is 81.1 Å². The van der Waals surface area contributed by atoms with Gasteiger partial charge in [-0.15, -0.1) is 0 Å². The van der Waals surface area contributed by atoms with Gasteiger partial charge in [0.25, 0.3) is 11.6 Å². The number of amides is 1. The van der Waals surface area contributed by atoms with Crippen molar-refractivity contribution >= 4 is 56.2 Å². The second-order valence-corrected chi connectivity index (χ2v) is 8.75. The summed E-state index contributed by atoms with van der Waals surface area (Å²) in [7, 11) is 0. The molecular formula is C23H15BrFN3O4S. The maximum absolute atomic E-state index is 13.0. The standard InChI is InChI=1S/C23H15BrFN3O4S/c24-19-11-15(3-10-20(19)32-13-14-1-8-18(9-2-14)28(30)31)12-21-22(29)27-23(33-21)26-17-6-4-16(25)5-7-17/h1-12H,13H2,(H,26,27,29)/b21-12+. The molecule has 3 aromatic rings. The van der Waals surface area contributed by atoms with Crippen LogP contribution in [-0.2, 0) is 11.4 Å². The van der Waals surface area contributed by atoms with E-state index in [0.717, 1.165) is 11.1 Å². The van der Waals surface area contributed by atoms with Gasteiger partial charge < -0.3 is 10.1 Å². The van der Waals surface area contributed by atoms with Crippen molar-refractivity contribution in [3.8, 4) is 5.75 Å². The lowest BCUT2D eigenvalue weighted by Crippen LogP contribution is -2.19. The number of rotatable bonds is 6. The van der Waals surface area contributed by atoms with Gasteiger partial charge in [0.2, 0.25) is 0 Å². The number of thioether (sulfide) groups is 1. The Morgan fingerprint density at radius 2 is 1.85 bits per heavy atom. The summed E-state index contributed by atoms with van der Waals surface area (Å²) in [5.41, 5.74) is 2.14. The average molecular weight is 528 g/mol. The Hall–Kier alpha value is -3.50. The van der Waals surface area contributed by atoms with Crippen molar-refractivity contribution in [2.24, 2.45) is 4.99 Å². The fourth-order valence-electron chi connectivity index (χ4n) is 2.86. The second-order valence-electron chi connectivity index (χ2n) is 6.86. The molecule has 0 spiro atoms. The summed E-state index contributed by atoms with van der Waals surface area (Å²) < 4.78 is 19.5. The first kappa shape index (κ1) is 22.7. The number of halogens is 2. The van der Waals surface area contributed by atoms with Crippen molar-refractivity contribution in [3.05, 3.63) is 103 Å². The quantitative estimate of drug-likeness (QED) is 0.242. The summed E-state index contributed by atoms with van der Waals surface area (Å²) in [4.78, 5) is 27.4. The molecule has 1 heterocycles. The van der Waals surface area contributed by atoms with Crippen LogP contribution in [0.4, 0.5) is 15.8 Å². The zero-order chi connectivity index (χ0) is 23.4. The third-order valence-corrected chi connectivity index (χ3v) is 6.03. The van der Waals surface area contributed by atoms with E-state index in [0.29, 0.717) is 26.0 Å². The number of hydrogen-bond acceptors (Lipinski definition) is 6. The van der Waals surface area contributed by atoms with Crippen molar-refractivity contribution in [1.29, 1.82) is 0 Å². The summed E-state index contributed by atoms with van der Waals surface area (Å²) in [6, 6.07) is 17.2. The molecular weight excluding hydrogens is 513 g/mol. The molecule has 33 heavy (non-hydrogen) atoms. The van der Waals surface area contributed by atoms with E-state index in [1.54, 1.807) is 24.3 Å². The largest absolute Gasteiger partial charge is 0.488 e. The molecule has 0 radical (unpaired) electrons. The van der Waals surface area contributed by atoms with Crippen molar-refractivity contribution in [3.63, 3.8) is 0 Å². The predicted molar refractivity (Wildman–Crippen MR) is 129 cm³/mol. The lowest BCUT2D eigenvalue weighted by molar-refractivity contribution is -0.384. The van der Waals surface area contributed by atoms with Gasteiger partial charge >= 0.3 is 0 Å². The number of nitrogens with zero attached hydrogens (tertiary/aromatic N) is 2. The van der Waals surface area contributed by atoms with E-state index >= 15 is 0 Å². The topological polar surface area (TPSA) is 93.8 Å². The van der Waals surface area contributed by atoms with Crippen LogP contribution in [0.5, 0.6) is 5.75 Å². The number of carbonyl (C=O) groups excluding carboxylic acids is 1. The maximum atomic E-state index is 13.0. The van der Waals surface area contributed by atoms with Gasteiger partial charge in [-0.05, 0) is 93.4 Å². The van der Waals surface area contributed by atoms with Gasteiger partial charge in [0.15, 0.2) is 5.17 Å². The van der Waals surface area contributed by atoms with Gasteiger partial charge in [0.1, 0.15) is 18.2 Å². The Balaban J connectivity index is 1.42. The van der Waals surface area contributed by atoms with Crippen LogP contribution in [0.1, 0.15) is 11.1 Å². The summed E-state index contributed by atoms with van der Waals surface area (Å²) in [6.45, 7) is 0.249. The third-order valence-electron chi connectivity index (χ3n) is 4.50. The number of aliphatic imine (C=N–C) groups is 1. The summed E-state index contributed by atoms with van der Waals surface area (Å²) in [6.07, 6.45) is 1.73. The van der Waals surface area contributed by atoms with Gasteiger partial charge in [0, 0.05) is 12.1 Å². The molecule has 1 aliphatic rings. The van der Waals surface area contributed by atoms with Crippen LogP contribution in [0.25, 0.3) is 6.08 Å². The maximum Gasteiger partial charge on any atom is 0.269 e. The smallest absolute Gasteiger partial charge is 0.269 e. The summed E-state index contributed by atoms with van der Waals surface area (Å²) in [5.74, 6) is -0.0264. The molecule has 0 saturated carbocycles. The van der Waals surface area contributed by atoms with Crippen LogP contribution >= 0.6 is 27.7 Å². The molecule has 1 saturated heterocycles. The number of nitrogens with one attached hydrogen (secondary N) is 1. The number of amidine groups is 1. The number of nitro groups is 1. The highest BCUT2D eigenvalue weighted by molar-refractivity contribution is 9.10. The van der Waals surface area contributed by atoms with Crippen LogP contribution in [0.3, 0.4) is 0 Å². The van der Waals surface area contributed by atoms with Crippen molar-refractivity contribution in [1.82, 2.24) is 5.32 Å². The zero-order valence-electron chi connectivity index (χ0n) is 16.8. The molecule has 0 atom stereocenters.